The molecule has 2 unspecified atom stereocenters. The SMILES string of the molecule is CSC1N=C(N)Nc2c1ncn2[C@@H]1O[C@H](COC(C)=O)C(OC(C)=O)[C@@H]1OC(C)=O. The van der Waals surface area contributed by atoms with Crippen LogP contribution in [0.15, 0.2) is 11.3 Å². The molecule has 5 atom stereocenters. The number of anilines is 1. The molecule has 0 aromatic carbocycles. The molecule has 1 saturated heterocycles. The summed E-state index contributed by atoms with van der Waals surface area (Å²) < 4.78 is 23.5. The van der Waals surface area contributed by atoms with Gasteiger partial charge >= 0.3 is 17.9 Å². The van der Waals surface area contributed by atoms with Crippen LogP contribution < -0.4 is 11.1 Å². The van der Waals surface area contributed by atoms with Gasteiger partial charge in [-0.1, -0.05) is 0 Å². The third kappa shape index (κ3) is 4.51. The first-order chi connectivity index (χ1) is 14.2. The highest BCUT2D eigenvalue weighted by Gasteiger charge is 2.51. The van der Waals surface area contributed by atoms with E-state index >= 15 is 0 Å². The summed E-state index contributed by atoms with van der Waals surface area (Å²) in [5, 5.41) is 2.62. The number of carbonyl (C=O) groups excluding carboxylic acids is 3. The maximum atomic E-state index is 11.8. The Bertz CT molecular complexity index is 873. The Labute approximate surface area is 176 Å². The molecule has 0 spiro atoms. The maximum Gasteiger partial charge on any atom is 0.303 e. The summed E-state index contributed by atoms with van der Waals surface area (Å²) in [4.78, 5) is 43.4. The molecule has 30 heavy (non-hydrogen) atoms. The Hall–Kier alpha value is -2.80. The van der Waals surface area contributed by atoms with Crippen molar-refractivity contribution in [3.05, 3.63) is 12.0 Å². The highest BCUT2D eigenvalue weighted by Crippen LogP contribution is 2.41. The normalized spacial score (nSPS) is 27.5. The first-order valence-electron chi connectivity index (χ1n) is 9.04. The van der Waals surface area contributed by atoms with E-state index in [2.05, 4.69) is 15.3 Å². The van der Waals surface area contributed by atoms with Crippen LogP contribution in [0.3, 0.4) is 0 Å². The number of guanidine groups is 1. The van der Waals surface area contributed by atoms with Crippen LogP contribution in [0.1, 0.15) is 38.1 Å². The van der Waals surface area contributed by atoms with Crippen molar-refractivity contribution < 1.29 is 33.3 Å². The van der Waals surface area contributed by atoms with E-state index < -0.39 is 42.4 Å². The van der Waals surface area contributed by atoms with Crippen molar-refractivity contribution in [2.45, 2.75) is 50.7 Å². The lowest BCUT2D eigenvalue weighted by Gasteiger charge is -2.26. The van der Waals surface area contributed by atoms with E-state index in [0.717, 1.165) is 0 Å². The first kappa shape index (κ1) is 21.9. The molecule has 3 heterocycles. The smallest absolute Gasteiger partial charge is 0.303 e. The zero-order valence-electron chi connectivity index (χ0n) is 16.9. The summed E-state index contributed by atoms with van der Waals surface area (Å²) in [7, 11) is 0. The van der Waals surface area contributed by atoms with Crippen LogP contribution in [0, 0.1) is 0 Å². The van der Waals surface area contributed by atoms with Gasteiger partial charge < -0.3 is 30.0 Å². The average molecular weight is 441 g/mol. The number of aromatic nitrogens is 2. The molecule has 0 radical (unpaired) electrons. The first-order valence-corrected chi connectivity index (χ1v) is 10.3. The number of hydrogen-bond acceptors (Lipinski definition) is 12. The van der Waals surface area contributed by atoms with E-state index in [-0.39, 0.29) is 17.9 Å². The number of fused-ring (bicyclic) bond motifs is 1. The molecule has 0 bridgehead atoms. The second-order valence-electron chi connectivity index (χ2n) is 6.63. The van der Waals surface area contributed by atoms with Gasteiger partial charge in [-0.3, -0.25) is 19.0 Å². The van der Waals surface area contributed by atoms with E-state index in [4.69, 9.17) is 24.7 Å². The number of rotatable bonds is 6. The van der Waals surface area contributed by atoms with Gasteiger partial charge in [0.25, 0.3) is 0 Å². The summed E-state index contributed by atoms with van der Waals surface area (Å²) in [6.45, 7) is 3.51. The van der Waals surface area contributed by atoms with E-state index in [1.807, 2.05) is 6.26 Å². The Morgan fingerprint density at radius 3 is 2.47 bits per heavy atom. The molecule has 3 N–H and O–H groups in total. The molecule has 1 aromatic rings. The van der Waals surface area contributed by atoms with Gasteiger partial charge in [-0.2, -0.15) is 0 Å². The second-order valence-corrected chi connectivity index (χ2v) is 7.55. The molecule has 3 rings (SSSR count). The number of carbonyl (C=O) groups is 3. The Morgan fingerprint density at radius 1 is 1.20 bits per heavy atom. The van der Waals surface area contributed by atoms with E-state index in [1.165, 1.54) is 38.9 Å². The van der Waals surface area contributed by atoms with Crippen molar-refractivity contribution in [3.8, 4) is 0 Å². The number of imidazole rings is 1. The average Bonchev–Trinajstić information content (AvgIpc) is 3.20. The van der Waals surface area contributed by atoms with Crippen molar-refractivity contribution >= 4 is 41.4 Å². The molecule has 2 aliphatic rings. The number of aliphatic imine (C=N–C) groups is 1. The third-order valence-electron chi connectivity index (χ3n) is 4.40. The Kier molecular flexibility index (Phi) is 6.51. The zero-order chi connectivity index (χ0) is 22.0. The highest BCUT2D eigenvalue weighted by molar-refractivity contribution is 7.98. The van der Waals surface area contributed by atoms with Crippen LogP contribution >= 0.6 is 11.8 Å². The number of nitrogens with one attached hydrogen (secondary N) is 1. The Balaban J connectivity index is 1.98. The van der Waals surface area contributed by atoms with Gasteiger partial charge in [0.2, 0.25) is 0 Å². The molecule has 12 nitrogen and oxygen atoms in total. The lowest BCUT2D eigenvalue weighted by atomic mass is 10.1. The minimum absolute atomic E-state index is 0.192. The van der Waals surface area contributed by atoms with E-state index in [0.29, 0.717) is 11.5 Å². The number of ether oxygens (including phenoxy) is 4. The quantitative estimate of drug-likeness (QED) is 0.462. The minimum atomic E-state index is -1.01. The molecular weight excluding hydrogens is 418 g/mol. The Morgan fingerprint density at radius 2 is 1.87 bits per heavy atom. The molecule has 0 saturated carbocycles. The number of nitrogens with two attached hydrogens (primary N) is 1. The lowest BCUT2D eigenvalue weighted by molar-refractivity contribution is -0.166. The van der Waals surface area contributed by atoms with Crippen LogP contribution in [0.5, 0.6) is 0 Å². The lowest BCUT2D eigenvalue weighted by Crippen LogP contribution is -2.40. The number of thioether (sulfide) groups is 1. The second kappa shape index (κ2) is 8.92. The van der Waals surface area contributed by atoms with Crippen molar-refractivity contribution in [1.29, 1.82) is 0 Å². The van der Waals surface area contributed by atoms with Crippen LogP contribution in [0.2, 0.25) is 0 Å². The number of esters is 3. The molecule has 164 valence electrons. The van der Waals surface area contributed by atoms with Gasteiger partial charge in [0.15, 0.2) is 24.4 Å². The van der Waals surface area contributed by atoms with Gasteiger partial charge in [-0.25, -0.2) is 9.98 Å². The maximum absolute atomic E-state index is 11.8. The summed E-state index contributed by atoms with van der Waals surface area (Å²) in [6, 6.07) is 0. The molecule has 1 fully saturated rings. The fourth-order valence-corrected chi connectivity index (χ4v) is 3.91. The molecular formula is C17H23N5O7S. The van der Waals surface area contributed by atoms with Crippen molar-refractivity contribution in [3.63, 3.8) is 0 Å². The summed E-state index contributed by atoms with van der Waals surface area (Å²) >= 11 is 1.44. The minimum Gasteiger partial charge on any atom is -0.463 e. The van der Waals surface area contributed by atoms with E-state index in [9.17, 15) is 14.4 Å². The van der Waals surface area contributed by atoms with Crippen molar-refractivity contribution in [1.82, 2.24) is 9.55 Å². The van der Waals surface area contributed by atoms with Crippen molar-refractivity contribution in [2.24, 2.45) is 10.7 Å². The van der Waals surface area contributed by atoms with Crippen LogP contribution in [-0.2, 0) is 33.3 Å². The van der Waals surface area contributed by atoms with Gasteiger partial charge in [0.1, 0.15) is 29.6 Å². The predicted octanol–water partition coefficient (Wildman–Crippen LogP) is 0.309. The summed E-state index contributed by atoms with van der Waals surface area (Å²) in [5.74, 6) is -1.01. The van der Waals surface area contributed by atoms with Crippen molar-refractivity contribution in [2.75, 3.05) is 18.2 Å². The van der Waals surface area contributed by atoms with Gasteiger partial charge in [-0.05, 0) is 6.26 Å². The largest absolute Gasteiger partial charge is 0.463 e. The molecule has 0 amide bonds. The monoisotopic (exact) mass is 441 g/mol. The van der Waals surface area contributed by atoms with Crippen LogP contribution in [0.4, 0.5) is 5.82 Å². The standard InChI is InChI=1S/C17H23N5O7S/c1-7(23)26-5-10-12(27-8(2)24)13(28-9(3)25)16(29-10)22-6-19-11-14(22)20-17(18)21-15(11)30-4/h6,10,12-13,15-16H,5H2,1-4H3,(H3,18,20,21)/t10-,12?,13+,15?,16-/m1/s1. The zero-order valence-corrected chi connectivity index (χ0v) is 17.7. The van der Waals surface area contributed by atoms with Gasteiger partial charge in [0.05, 0.1) is 6.33 Å². The van der Waals surface area contributed by atoms with Crippen LogP contribution in [-0.4, -0.2) is 64.6 Å². The number of hydrogen-bond donors (Lipinski definition) is 2. The predicted molar refractivity (Wildman–Crippen MR) is 105 cm³/mol. The molecule has 0 aliphatic carbocycles. The van der Waals surface area contributed by atoms with Crippen LogP contribution in [0.25, 0.3) is 0 Å². The number of nitrogens with zero attached hydrogens (tertiary/aromatic N) is 3. The van der Waals surface area contributed by atoms with E-state index in [1.54, 1.807) is 4.57 Å². The molecule has 1 aromatic heterocycles. The third-order valence-corrected chi connectivity index (χ3v) is 5.17. The summed E-state index contributed by atoms with van der Waals surface area (Å²) in [6.07, 6.45) is -0.434. The fraction of sp³-hybridized carbons (Fsp3) is 0.588. The summed E-state index contributed by atoms with van der Waals surface area (Å²) in [5.41, 5.74) is 6.51. The fourth-order valence-electron chi connectivity index (χ4n) is 3.30. The highest BCUT2D eigenvalue weighted by atomic mass is 32.2. The van der Waals surface area contributed by atoms with Gasteiger partial charge in [-0.15, -0.1) is 11.8 Å². The molecule has 13 heteroatoms. The van der Waals surface area contributed by atoms with Gasteiger partial charge in [0, 0.05) is 20.8 Å². The molecule has 2 aliphatic heterocycles. The topological polar surface area (TPSA) is 156 Å².